The standard InChI is InChI=1S/C21H22ClN3O4/c1-14-11-24-17(12-23-14)20(28)29-13-19(27)25(2)21(10-6-5-9-18(21)26)15-7-3-4-8-16(15)22/h3-4,7-8,11-12H,5-6,9-10,13H2,1-2H3/t21-/m0/s1. The van der Waals surface area contributed by atoms with Gasteiger partial charge in [0, 0.05) is 30.3 Å². The molecule has 0 aliphatic heterocycles. The maximum atomic E-state index is 13.0. The molecule has 2 aromatic rings. The first-order chi connectivity index (χ1) is 13.9. The zero-order chi connectivity index (χ0) is 21.0. The van der Waals surface area contributed by atoms with Gasteiger partial charge in [-0.15, -0.1) is 0 Å². The van der Waals surface area contributed by atoms with Crippen LogP contribution in [0.25, 0.3) is 0 Å². The number of amides is 1. The molecule has 1 aliphatic rings. The van der Waals surface area contributed by atoms with E-state index in [1.165, 1.54) is 17.3 Å². The fraction of sp³-hybridized carbons (Fsp3) is 0.381. The van der Waals surface area contributed by atoms with Crippen LogP contribution in [0.1, 0.15) is 47.4 Å². The maximum Gasteiger partial charge on any atom is 0.359 e. The van der Waals surface area contributed by atoms with Gasteiger partial charge in [-0.25, -0.2) is 9.78 Å². The Morgan fingerprint density at radius 2 is 1.97 bits per heavy atom. The first-order valence-electron chi connectivity index (χ1n) is 9.37. The number of carbonyl (C=O) groups is 3. The molecule has 0 unspecified atom stereocenters. The van der Waals surface area contributed by atoms with Gasteiger partial charge in [0.2, 0.25) is 0 Å². The molecule has 29 heavy (non-hydrogen) atoms. The Bertz CT molecular complexity index is 932. The van der Waals surface area contributed by atoms with Gasteiger partial charge in [0.1, 0.15) is 5.54 Å². The molecule has 152 valence electrons. The number of hydrogen-bond donors (Lipinski definition) is 0. The Kier molecular flexibility index (Phi) is 6.27. The quantitative estimate of drug-likeness (QED) is 0.697. The van der Waals surface area contributed by atoms with Crippen LogP contribution in [0.15, 0.2) is 36.7 Å². The van der Waals surface area contributed by atoms with Gasteiger partial charge in [-0.3, -0.25) is 14.6 Å². The van der Waals surface area contributed by atoms with Crippen LogP contribution >= 0.6 is 11.6 Å². The van der Waals surface area contributed by atoms with Gasteiger partial charge < -0.3 is 9.64 Å². The summed E-state index contributed by atoms with van der Waals surface area (Å²) in [5, 5.41) is 0.425. The van der Waals surface area contributed by atoms with Crippen molar-refractivity contribution in [2.75, 3.05) is 13.7 Å². The Balaban J connectivity index is 1.81. The zero-order valence-electron chi connectivity index (χ0n) is 16.4. The van der Waals surface area contributed by atoms with Crippen molar-refractivity contribution in [3.63, 3.8) is 0 Å². The van der Waals surface area contributed by atoms with Crippen molar-refractivity contribution < 1.29 is 19.1 Å². The van der Waals surface area contributed by atoms with E-state index >= 15 is 0 Å². The van der Waals surface area contributed by atoms with Gasteiger partial charge in [-0.2, -0.15) is 0 Å². The van der Waals surface area contributed by atoms with Crippen LogP contribution in [0.3, 0.4) is 0 Å². The summed E-state index contributed by atoms with van der Waals surface area (Å²) in [6.45, 7) is 1.24. The number of nitrogens with zero attached hydrogens (tertiary/aromatic N) is 3. The van der Waals surface area contributed by atoms with Crippen LogP contribution in [0.5, 0.6) is 0 Å². The molecule has 1 fully saturated rings. The third-order valence-electron chi connectivity index (χ3n) is 5.24. The topological polar surface area (TPSA) is 89.5 Å². The summed E-state index contributed by atoms with van der Waals surface area (Å²) in [5.41, 5.74) is 0.109. The number of rotatable bonds is 5. The van der Waals surface area contributed by atoms with Crippen LogP contribution in [0.2, 0.25) is 5.02 Å². The predicted octanol–water partition coefficient (Wildman–Crippen LogP) is 3.09. The van der Waals surface area contributed by atoms with Crippen molar-refractivity contribution in [3.8, 4) is 0 Å². The fourth-order valence-electron chi connectivity index (χ4n) is 3.64. The number of esters is 1. The Morgan fingerprint density at radius 3 is 2.62 bits per heavy atom. The second-order valence-corrected chi connectivity index (χ2v) is 7.45. The molecule has 1 aliphatic carbocycles. The molecule has 0 bridgehead atoms. The number of likely N-dealkylation sites (N-methyl/N-ethyl adjacent to an activating group) is 1. The highest BCUT2D eigenvalue weighted by Gasteiger charge is 2.48. The van der Waals surface area contributed by atoms with Crippen molar-refractivity contribution in [1.29, 1.82) is 0 Å². The summed E-state index contributed by atoms with van der Waals surface area (Å²) in [7, 11) is 1.55. The lowest BCUT2D eigenvalue weighted by atomic mass is 9.74. The SMILES string of the molecule is Cc1cnc(C(=O)OCC(=O)N(C)[C@]2(c3ccccc3Cl)CCCCC2=O)cn1. The third-order valence-corrected chi connectivity index (χ3v) is 5.57. The minimum atomic E-state index is -1.16. The van der Waals surface area contributed by atoms with E-state index in [-0.39, 0.29) is 11.5 Å². The van der Waals surface area contributed by atoms with E-state index in [1.807, 2.05) is 0 Å². The summed E-state index contributed by atoms with van der Waals surface area (Å²) in [4.78, 5) is 47.4. The average molecular weight is 416 g/mol. The predicted molar refractivity (Wildman–Crippen MR) is 106 cm³/mol. The monoisotopic (exact) mass is 415 g/mol. The van der Waals surface area contributed by atoms with Crippen molar-refractivity contribution in [3.05, 3.63) is 58.6 Å². The highest BCUT2D eigenvalue weighted by atomic mass is 35.5. The maximum absolute atomic E-state index is 13.0. The number of benzene rings is 1. The Morgan fingerprint density at radius 1 is 1.21 bits per heavy atom. The van der Waals surface area contributed by atoms with Crippen LogP contribution in [0.4, 0.5) is 0 Å². The van der Waals surface area contributed by atoms with Crippen molar-refractivity contribution in [1.82, 2.24) is 14.9 Å². The first-order valence-corrected chi connectivity index (χ1v) is 9.75. The van der Waals surface area contributed by atoms with Crippen molar-refractivity contribution in [2.24, 2.45) is 0 Å². The van der Waals surface area contributed by atoms with Crippen molar-refractivity contribution in [2.45, 2.75) is 38.1 Å². The van der Waals surface area contributed by atoms with E-state index in [4.69, 9.17) is 16.3 Å². The van der Waals surface area contributed by atoms with Gasteiger partial charge in [0.15, 0.2) is 18.1 Å². The van der Waals surface area contributed by atoms with Gasteiger partial charge in [0.25, 0.3) is 5.91 Å². The van der Waals surface area contributed by atoms with Gasteiger partial charge in [0.05, 0.1) is 11.9 Å². The molecule has 1 aromatic heterocycles. The number of ether oxygens (including phenoxy) is 1. The number of hydrogen-bond acceptors (Lipinski definition) is 6. The second kappa shape index (κ2) is 8.69. The lowest BCUT2D eigenvalue weighted by Gasteiger charge is -2.43. The number of aromatic nitrogens is 2. The lowest BCUT2D eigenvalue weighted by Crippen LogP contribution is -2.55. The van der Waals surface area contributed by atoms with Gasteiger partial charge >= 0.3 is 5.97 Å². The molecule has 7 nitrogen and oxygen atoms in total. The summed E-state index contributed by atoms with van der Waals surface area (Å²) < 4.78 is 5.11. The minimum Gasteiger partial charge on any atom is -0.451 e. The minimum absolute atomic E-state index is 0.0145. The third kappa shape index (κ3) is 4.15. The summed E-state index contributed by atoms with van der Waals surface area (Å²) >= 11 is 6.39. The smallest absolute Gasteiger partial charge is 0.359 e. The molecule has 0 saturated heterocycles. The summed E-state index contributed by atoms with van der Waals surface area (Å²) in [6.07, 6.45) is 5.12. The van der Waals surface area contributed by atoms with Gasteiger partial charge in [-0.1, -0.05) is 29.8 Å². The van der Waals surface area contributed by atoms with E-state index < -0.39 is 24.0 Å². The number of aryl methyl sites for hydroxylation is 1. The van der Waals surface area contributed by atoms with Crippen LogP contribution < -0.4 is 0 Å². The van der Waals surface area contributed by atoms with Crippen LogP contribution in [-0.4, -0.2) is 46.2 Å². The Hall–Kier alpha value is -2.80. The van der Waals surface area contributed by atoms with E-state index in [2.05, 4.69) is 9.97 Å². The zero-order valence-corrected chi connectivity index (χ0v) is 17.1. The molecule has 1 aromatic carbocycles. The Labute approximate surface area is 174 Å². The molecule has 0 spiro atoms. The average Bonchev–Trinajstić information content (AvgIpc) is 2.73. The van der Waals surface area contributed by atoms with Crippen LogP contribution in [0, 0.1) is 6.92 Å². The largest absolute Gasteiger partial charge is 0.451 e. The molecule has 0 N–H and O–H groups in total. The molecular weight excluding hydrogens is 394 g/mol. The molecule has 1 atom stereocenters. The molecule has 1 amide bonds. The van der Waals surface area contributed by atoms with Crippen LogP contribution in [-0.2, 0) is 19.9 Å². The molecule has 0 radical (unpaired) electrons. The molecule has 8 heteroatoms. The molecule has 1 heterocycles. The normalized spacial score (nSPS) is 18.9. The fourth-order valence-corrected chi connectivity index (χ4v) is 3.93. The van der Waals surface area contributed by atoms with E-state index in [0.717, 1.165) is 12.8 Å². The van der Waals surface area contributed by atoms with Crippen molar-refractivity contribution >= 4 is 29.3 Å². The van der Waals surface area contributed by atoms with E-state index in [0.29, 0.717) is 29.1 Å². The highest BCUT2D eigenvalue weighted by molar-refractivity contribution is 6.31. The first kappa shape index (κ1) is 20.9. The van der Waals surface area contributed by atoms with E-state index in [9.17, 15) is 14.4 Å². The molecular formula is C21H22ClN3O4. The summed E-state index contributed by atoms with van der Waals surface area (Å²) in [6, 6.07) is 7.04. The number of carbonyl (C=O) groups excluding carboxylic acids is 3. The van der Waals surface area contributed by atoms with Gasteiger partial charge in [-0.05, 0) is 32.3 Å². The highest BCUT2D eigenvalue weighted by Crippen LogP contribution is 2.42. The van der Waals surface area contributed by atoms with E-state index in [1.54, 1.807) is 38.2 Å². The molecule has 1 saturated carbocycles. The molecule has 3 rings (SSSR count). The second-order valence-electron chi connectivity index (χ2n) is 7.04. The number of ketones is 1. The number of halogens is 1. The summed E-state index contributed by atoms with van der Waals surface area (Å²) in [5.74, 6) is -1.31. The number of Topliss-reactive ketones (excluding diaryl/α,β-unsaturated/α-hetero) is 1. The lowest BCUT2D eigenvalue weighted by molar-refractivity contribution is -0.150.